The Morgan fingerprint density at radius 2 is 2.10 bits per heavy atom. The topological polar surface area (TPSA) is 98.3 Å². The molecular weight excluding hydrogens is 270 g/mol. The lowest BCUT2D eigenvalue weighted by atomic mass is 9.93. The molecule has 0 saturated heterocycles. The third-order valence-corrected chi connectivity index (χ3v) is 4.15. The quantitative estimate of drug-likeness (QED) is 0.827. The summed E-state index contributed by atoms with van der Waals surface area (Å²) >= 11 is 0. The van der Waals surface area contributed by atoms with E-state index >= 15 is 0 Å². The molecule has 1 saturated carbocycles. The van der Waals surface area contributed by atoms with E-state index in [0.29, 0.717) is 24.0 Å². The number of aryl methyl sites for hydroxylation is 1. The first kappa shape index (κ1) is 14.1. The lowest BCUT2D eigenvalue weighted by molar-refractivity contribution is 0.193. The number of ether oxygens (including phenoxy) is 1. The van der Waals surface area contributed by atoms with Gasteiger partial charge < -0.3 is 10.5 Å². The van der Waals surface area contributed by atoms with Crippen LogP contribution in [0.1, 0.15) is 44.3 Å². The van der Waals surface area contributed by atoms with E-state index in [1.54, 1.807) is 13.0 Å². The number of H-pyrrole nitrogens is 1. The van der Waals surface area contributed by atoms with Crippen LogP contribution >= 0.6 is 0 Å². The molecule has 2 heterocycles. The Bertz CT molecular complexity index is 682. The first-order chi connectivity index (χ1) is 10.1. The van der Waals surface area contributed by atoms with E-state index in [0.717, 1.165) is 25.7 Å². The van der Waals surface area contributed by atoms with E-state index in [-0.39, 0.29) is 11.2 Å². The highest BCUT2D eigenvalue weighted by atomic mass is 16.5. The van der Waals surface area contributed by atoms with Crippen molar-refractivity contribution in [3.8, 4) is 5.88 Å². The molecule has 1 aliphatic rings. The molecule has 2 aromatic heterocycles. The van der Waals surface area contributed by atoms with Gasteiger partial charge in [-0.25, -0.2) is 14.3 Å². The lowest BCUT2D eigenvalue weighted by Crippen LogP contribution is -2.45. The zero-order chi connectivity index (χ0) is 14.9. The maximum atomic E-state index is 11.5. The predicted molar refractivity (Wildman–Crippen MR) is 78.5 cm³/mol. The minimum absolute atomic E-state index is 0.274. The van der Waals surface area contributed by atoms with E-state index in [1.165, 1.54) is 17.2 Å². The second-order valence-corrected chi connectivity index (χ2v) is 5.93. The van der Waals surface area contributed by atoms with Gasteiger partial charge in [0.1, 0.15) is 12.4 Å². The van der Waals surface area contributed by atoms with Crippen LogP contribution in [0.2, 0.25) is 0 Å². The Morgan fingerprint density at radius 1 is 1.38 bits per heavy atom. The summed E-state index contributed by atoms with van der Waals surface area (Å²) in [6, 6.07) is 1.66. The summed E-state index contributed by atoms with van der Waals surface area (Å²) < 4.78 is 7.21. The highest BCUT2D eigenvalue weighted by Crippen LogP contribution is 2.25. The van der Waals surface area contributed by atoms with Gasteiger partial charge in [-0.2, -0.15) is 10.1 Å². The fraction of sp³-hybridized carbons (Fsp3) is 0.643. The SMILES string of the molecule is Cc1nc(OCC2(N)CCCCCC2)cc2n[nH]c(=O)n12. The molecule has 0 unspecified atom stereocenters. The Labute approximate surface area is 122 Å². The minimum atomic E-state index is -0.291. The second kappa shape index (κ2) is 5.48. The summed E-state index contributed by atoms with van der Waals surface area (Å²) in [4.78, 5) is 15.8. The van der Waals surface area contributed by atoms with Crippen LogP contribution in [0.3, 0.4) is 0 Å². The zero-order valence-electron chi connectivity index (χ0n) is 12.3. The molecular formula is C14H21N5O2. The van der Waals surface area contributed by atoms with Crippen LogP contribution < -0.4 is 16.2 Å². The van der Waals surface area contributed by atoms with Crippen LogP contribution in [0, 0.1) is 6.92 Å². The molecule has 1 aliphatic carbocycles. The first-order valence-electron chi connectivity index (χ1n) is 7.44. The summed E-state index contributed by atoms with van der Waals surface area (Å²) in [7, 11) is 0. The lowest BCUT2D eigenvalue weighted by Gasteiger charge is -2.27. The number of fused-ring (bicyclic) bond motifs is 1. The van der Waals surface area contributed by atoms with Crippen LogP contribution in [0.4, 0.5) is 0 Å². The first-order valence-corrected chi connectivity index (χ1v) is 7.44. The van der Waals surface area contributed by atoms with Crippen molar-refractivity contribution < 1.29 is 4.74 Å². The van der Waals surface area contributed by atoms with Gasteiger partial charge >= 0.3 is 5.69 Å². The Balaban J connectivity index is 1.77. The van der Waals surface area contributed by atoms with Crippen LogP contribution in [0.25, 0.3) is 5.65 Å². The van der Waals surface area contributed by atoms with Gasteiger partial charge in [0.2, 0.25) is 5.88 Å². The van der Waals surface area contributed by atoms with Gasteiger partial charge in [0.05, 0.1) is 5.54 Å². The molecule has 7 nitrogen and oxygen atoms in total. The maximum absolute atomic E-state index is 11.5. The molecule has 2 aromatic rings. The molecule has 0 aromatic carbocycles. The summed E-state index contributed by atoms with van der Waals surface area (Å²) in [5, 5.41) is 6.34. The summed E-state index contributed by atoms with van der Waals surface area (Å²) in [6.07, 6.45) is 6.77. The summed E-state index contributed by atoms with van der Waals surface area (Å²) in [5.74, 6) is 1.02. The largest absolute Gasteiger partial charge is 0.476 e. The molecule has 1 fully saturated rings. The summed E-state index contributed by atoms with van der Waals surface area (Å²) in [6.45, 7) is 2.20. The fourth-order valence-electron chi connectivity index (χ4n) is 2.94. The van der Waals surface area contributed by atoms with Crippen molar-refractivity contribution in [3.05, 3.63) is 22.4 Å². The molecule has 0 aliphatic heterocycles. The van der Waals surface area contributed by atoms with E-state index in [1.807, 2.05) is 0 Å². The number of rotatable bonds is 3. The van der Waals surface area contributed by atoms with Gasteiger partial charge in [-0.1, -0.05) is 25.7 Å². The monoisotopic (exact) mass is 291 g/mol. The van der Waals surface area contributed by atoms with Gasteiger partial charge in [-0.15, -0.1) is 0 Å². The maximum Gasteiger partial charge on any atom is 0.349 e. The van der Waals surface area contributed by atoms with Crippen LogP contribution in [-0.4, -0.2) is 31.7 Å². The highest BCUT2D eigenvalue weighted by molar-refractivity contribution is 5.40. The third-order valence-electron chi connectivity index (χ3n) is 4.15. The van der Waals surface area contributed by atoms with E-state index in [4.69, 9.17) is 10.5 Å². The molecule has 0 bridgehead atoms. The molecule has 0 atom stereocenters. The number of nitrogens with zero attached hydrogens (tertiary/aromatic N) is 3. The number of aromatic amines is 1. The van der Waals surface area contributed by atoms with Crippen molar-refractivity contribution in [1.82, 2.24) is 19.6 Å². The molecule has 3 rings (SSSR count). The van der Waals surface area contributed by atoms with Crippen molar-refractivity contribution >= 4 is 5.65 Å². The zero-order valence-corrected chi connectivity index (χ0v) is 12.3. The number of hydrogen-bond donors (Lipinski definition) is 2. The van der Waals surface area contributed by atoms with Gasteiger partial charge in [-0.05, 0) is 19.8 Å². The summed E-state index contributed by atoms with van der Waals surface area (Å²) in [5.41, 5.74) is 6.38. The smallest absolute Gasteiger partial charge is 0.349 e. The highest BCUT2D eigenvalue weighted by Gasteiger charge is 2.27. The normalized spacial score (nSPS) is 18.6. The Kier molecular flexibility index (Phi) is 3.67. The molecule has 3 N–H and O–H groups in total. The Morgan fingerprint density at radius 3 is 2.81 bits per heavy atom. The Hall–Kier alpha value is -1.89. The van der Waals surface area contributed by atoms with Crippen molar-refractivity contribution in [2.75, 3.05) is 6.61 Å². The van der Waals surface area contributed by atoms with E-state index in [9.17, 15) is 4.79 Å². The fourth-order valence-corrected chi connectivity index (χ4v) is 2.94. The number of hydrogen-bond acceptors (Lipinski definition) is 5. The average Bonchev–Trinajstić information content (AvgIpc) is 2.69. The number of nitrogens with one attached hydrogen (secondary N) is 1. The molecule has 0 spiro atoms. The molecule has 0 radical (unpaired) electrons. The van der Waals surface area contributed by atoms with Crippen molar-refractivity contribution in [2.24, 2.45) is 5.73 Å². The molecule has 21 heavy (non-hydrogen) atoms. The van der Waals surface area contributed by atoms with Gasteiger partial charge in [0, 0.05) is 6.07 Å². The van der Waals surface area contributed by atoms with Crippen LogP contribution in [0.5, 0.6) is 5.88 Å². The predicted octanol–water partition coefficient (Wildman–Crippen LogP) is 1.16. The standard InChI is InChI=1S/C14H21N5O2/c1-10-16-12(8-11-17-18-13(20)19(10)11)21-9-14(15)6-4-2-3-5-7-14/h8H,2-7,9,15H2,1H3,(H,18,20). The van der Waals surface area contributed by atoms with Gasteiger partial charge in [-0.3, -0.25) is 0 Å². The van der Waals surface area contributed by atoms with E-state index in [2.05, 4.69) is 15.2 Å². The minimum Gasteiger partial charge on any atom is -0.476 e. The molecule has 0 amide bonds. The number of aromatic nitrogens is 4. The average molecular weight is 291 g/mol. The van der Waals surface area contributed by atoms with E-state index < -0.39 is 0 Å². The number of nitrogens with two attached hydrogens (primary N) is 1. The van der Waals surface area contributed by atoms with Crippen molar-refractivity contribution in [3.63, 3.8) is 0 Å². The van der Waals surface area contributed by atoms with Crippen molar-refractivity contribution in [2.45, 2.75) is 51.0 Å². The third kappa shape index (κ3) is 2.92. The second-order valence-electron chi connectivity index (χ2n) is 5.93. The molecule has 114 valence electrons. The van der Waals surface area contributed by atoms with Crippen LogP contribution in [0.15, 0.2) is 10.9 Å². The van der Waals surface area contributed by atoms with Crippen molar-refractivity contribution in [1.29, 1.82) is 0 Å². The van der Waals surface area contributed by atoms with Gasteiger partial charge in [0.15, 0.2) is 5.65 Å². The van der Waals surface area contributed by atoms with Crippen LogP contribution in [-0.2, 0) is 0 Å². The van der Waals surface area contributed by atoms with Gasteiger partial charge in [0.25, 0.3) is 0 Å². The molecule has 7 heteroatoms.